The molecule has 0 N–H and O–H groups in total. The Bertz CT molecular complexity index is 644. The van der Waals surface area contributed by atoms with Crippen LogP contribution in [0.15, 0.2) is 48.5 Å². The zero-order chi connectivity index (χ0) is 15.2. The maximum absolute atomic E-state index is 2.40. The van der Waals surface area contributed by atoms with Crippen molar-refractivity contribution < 1.29 is 0 Å². The van der Waals surface area contributed by atoms with Gasteiger partial charge in [0.15, 0.2) is 0 Å². The zero-order valence-corrected chi connectivity index (χ0v) is 14.9. The van der Waals surface area contributed by atoms with Crippen LogP contribution in [0.1, 0.15) is 53.9 Å². The lowest BCUT2D eigenvalue weighted by molar-refractivity contribution is 0.313. The summed E-state index contributed by atoms with van der Waals surface area (Å²) in [5.41, 5.74) is 6.68. The van der Waals surface area contributed by atoms with E-state index in [9.17, 15) is 0 Å². The Morgan fingerprint density at radius 2 is 1.52 bits per heavy atom. The summed E-state index contributed by atoms with van der Waals surface area (Å²) in [5, 5.41) is 0. The fourth-order valence-electron chi connectivity index (χ4n) is 4.85. The average molecular weight is 328 g/mol. The van der Waals surface area contributed by atoms with Crippen LogP contribution < -0.4 is 0 Å². The van der Waals surface area contributed by atoms with Crippen molar-refractivity contribution in [3.8, 4) is 0 Å². The number of fused-ring (bicyclic) bond motifs is 1. The van der Waals surface area contributed by atoms with Crippen LogP contribution in [-0.2, 0) is 5.41 Å². The molecule has 2 heteroatoms. The van der Waals surface area contributed by atoms with Gasteiger partial charge in [0.2, 0.25) is 0 Å². The van der Waals surface area contributed by atoms with Gasteiger partial charge < -0.3 is 4.90 Å². The number of nitrogens with zero attached hydrogens (tertiary/aromatic N) is 1. The van der Waals surface area contributed by atoms with E-state index in [1.165, 1.54) is 32.2 Å². The lowest BCUT2D eigenvalue weighted by Gasteiger charge is -2.50. The van der Waals surface area contributed by atoms with E-state index in [4.69, 9.17) is 0 Å². The topological polar surface area (TPSA) is 3.24 Å². The van der Waals surface area contributed by atoms with Gasteiger partial charge in [-0.2, -0.15) is 0 Å². The summed E-state index contributed by atoms with van der Waals surface area (Å²) in [5.74, 6) is 0.628. The fraction of sp³-hybridized carbons (Fsp3) is 0.429. The molecular weight excluding hydrogens is 302 g/mol. The SMILES string of the molecule is CN(C)CCCC12CCC(c3ccccc31)c1ccccc12.Cl. The predicted octanol–water partition coefficient (Wildman–Crippen LogP) is 4.98. The Labute approximate surface area is 146 Å². The Morgan fingerprint density at radius 1 is 0.957 bits per heavy atom. The van der Waals surface area contributed by atoms with Crippen molar-refractivity contribution in [1.82, 2.24) is 4.90 Å². The van der Waals surface area contributed by atoms with Gasteiger partial charge in [0.25, 0.3) is 0 Å². The van der Waals surface area contributed by atoms with Crippen molar-refractivity contribution in [2.75, 3.05) is 20.6 Å². The third-order valence-electron chi connectivity index (χ3n) is 5.77. The monoisotopic (exact) mass is 327 g/mol. The van der Waals surface area contributed by atoms with Crippen LogP contribution in [-0.4, -0.2) is 25.5 Å². The van der Waals surface area contributed by atoms with Crippen LogP contribution in [0.4, 0.5) is 0 Å². The molecule has 0 amide bonds. The van der Waals surface area contributed by atoms with Crippen LogP contribution in [0.5, 0.6) is 0 Å². The van der Waals surface area contributed by atoms with E-state index in [0.717, 1.165) is 0 Å². The highest BCUT2D eigenvalue weighted by Crippen LogP contribution is 2.57. The molecule has 0 aromatic heterocycles. The van der Waals surface area contributed by atoms with Crippen molar-refractivity contribution in [2.24, 2.45) is 0 Å². The molecule has 3 aliphatic rings. The second-order valence-corrected chi connectivity index (χ2v) is 7.25. The number of benzene rings is 2. The molecule has 0 aliphatic heterocycles. The molecule has 23 heavy (non-hydrogen) atoms. The summed E-state index contributed by atoms with van der Waals surface area (Å²) in [6.45, 7) is 1.18. The van der Waals surface area contributed by atoms with Crippen molar-refractivity contribution in [3.05, 3.63) is 70.8 Å². The number of hydrogen-bond acceptors (Lipinski definition) is 1. The maximum atomic E-state index is 2.40. The van der Waals surface area contributed by atoms with E-state index in [1.54, 1.807) is 22.3 Å². The van der Waals surface area contributed by atoms with Crippen LogP contribution in [0.25, 0.3) is 0 Å². The Balaban J connectivity index is 0.00000156. The van der Waals surface area contributed by atoms with Crippen LogP contribution in [0.2, 0.25) is 0 Å². The summed E-state index contributed by atoms with van der Waals surface area (Å²) in [7, 11) is 4.36. The van der Waals surface area contributed by atoms with E-state index in [0.29, 0.717) is 5.92 Å². The Kier molecular flexibility index (Phi) is 4.53. The van der Waals surface area contributed by atoms with Crippen LogP contribution in [0, 0.1) is 0 Å². The van der Waals surface area contributed by atoms with Crippen molar-refractivity contribution in [1.29, 1.82) is 0 Å². The maximum Gasteiger partial charge on any atom is 0.0209 e. The molecule has 2 aromatic carbocycles. The minimum atomic E-state index is 0. The molecule has 2 aromatic rings. The molecule has 0 saturated carbocycles. The number of rotatable bonds is 4. The van der Waals surface area contributed by atoms with Crippen molar-refractivity contribution in [2.45, 2.75) is 37.0 Å². The second-order valence-electron chi connectivity index (χ2n) is 7.25. The fourth-order valence-corrected chi connectivity index (χ4v) is 4.85. The van der Waals surface area contributed by atoms with Crippen LogP contribution >= 0.6 is 12.4 Å². The van der Waals surface area contributed by atoms with E-state index >= 15 is 0 Å². The van der Waals surface area contributed by atoms with Crippen molar-refractivity contribution >= 4 is 12.4 Å². The highest BCUT2D eigenvalue weighted by molar-refractivity contribution is 5.85. The first-order valence-corrected chi connectivity index (χ1v) is 8.56. The van der Waals surface area contributed by atoms with Gasteiger partial charge in [-0.05, 0) is 68.6 Å². The van der Waals surface area contributed by atoms with Crippen LogP contribution in [0.3, 0.4) is 0 Å². The molecule has 2 bridgehead atoms. The van der Waals surface area contributed by atoms with E-state index in [2.05, 4.69) is 67.5 Å². The molecule has 0 radical (unpaired) electrons. The third kappa shape index (κ3) is 2.51. The van der Waals surface area contributed by atoms with E-state index in [-0.39, 0.29) is 17.8 Å². The lowest BCUT2D eigenvalue weighted by atomic mass is 9.54. The van der Waals surface area contributed by atoms with Gasteiger partial charge in [-0.3, -0.25) is 0 Å². The molecule has 1 nitrogen and oxygen atoms in total. The summed E-state index contributed by atoms with van der Waals surface area (Å²) in [6, 6.07) is 18.4. The standard InChI is InChI=1S/C21H25N.ClH/c1-22(2)15-7-13-21-14-12-16(17-8-3-5-10-19(17)21)18-9-4-6-11-20(18)21;/h3-6,8-11,16H,7,12-15H2,1-2H3;1H. The number of halogens is 1. The molecule has 0 fully saturated rings. The quantitative estimate of drug-likeness (QED) is 0.766. The highest BCUT2D eigenvalue weighted by Gasteiger charge is 2.47. The van der Waals surface area contributed by atoms with Gasteiger partial charge in [-0.25, -0.2) is 0 Å². The molecule has 122 valence electrons. The van der Waals surface area contributed by atoms with Gasteiger partial charge in [-0.1, -0.05) is 48.5 Å². The average Bonchev–Trinajstić information content (AvgIpc) is 2.55. The summed E-state index contributed by atoms with van der Waals surface area (Å²) in [6.07, 6.45) is 5.17. The normalized spacial score (nSPS) is 24.0. The minimum Gasteiger partial charge on any atom is -0.309 e. The smallest absolute Gasteiger partial charge is 0.0209 e. The summed E-state index contributed by atoms with van der Waals surface area (Å²) in [4.78, 5) is 2.31. The molecule has 0 saturated heterocycles. The minimum absolute atomic E-state index is 0. The molecule has 0 heterocycles. The molecule has 3 aliphatic carbocycles. The van der Waals surface area contributed by atoms with Gasteiger partial charge in [0, 0.05) is 11.3 Å². The number of hydrogen-bond donors (Lipinski definition) is 0. The summed E-state index contributed by atoms with van der Waals surface area (Å²) >= 11 is 0. The molecule has 0 spiro atoms. The molecule has 0 atom stereocenters. The van der Waals surface area contributed by atoms with Gasteiger partial charge >= 0.3 is 0 Å². The van der Waals surface area contributed by atoms with Gasteiger partial charge in [-0.15, -0.1) is 12.4 Å². The van der Waals surface area contributed by atoms with Gasteiger partial charge in [0.05, 0.1) is 0 Å². The zero-order valence-electron chi connectivity index (χ0n) is 14.1. The third-order valence-corrected chi connectivity index (χ3v) is 5.77. The first-order chi connectivity index (χ1) is 10.7. The Hall–Kier alpha value is -1.31. The molecule has 0 unspecified atom stereocenters. The highest BCUT2D eigenvalue weighted by atomic mass is 35.5. The second kappa shape index (κ2) is 6.30. The first-order valence-electron chi connectivity index (χ1n) is 8.56. The predicted molar refractivity (Wildman–Crippen MR) is 99.8 cm³/mol. The molecule has 5 rings (SSSR count). The largest absolute Gasteiger partial charge is 0.309 e. The lowest BCUT2D eigenvalue weighted by Crippen LogP contribution is -2.40. The van der Waals surface area contributed by atoms with E-state index < -0.39 is 0 Å². The first kappa shape index (κ1) is 16.5. The van der Waals surface area contributed by atoms with Gasteiger partial charge in [0.1, 0.15) is 0 Å². The molecular formula is C21H26ClN. The summed E-state index contributed by atoms with van der Waals surface area (Å²) < 4.78 is 0. The Morgan fingerprint density at radius 3 is 2.09 bits per heavy atom. The van der Waals surface area contributed by atoms with Crippen molar-refractivity contribution in [3.63, 3.8) is 0 Å². The van der Waals surface area contributed by atoms with E-state index in [1.807, 2.05) is 0 Å².